The van der Waals surface area contributed by atoms with E-state index in [0.717, 1.165) is 25.9 Å². The topological polar surface area (TPSA) is 81.3 Å². The van der Waals surface area contributed by atoms with Crippen molar-refractivity contribution in [2.24, 2.45) is 0 Å². The van der Waals surface area contributed by atoms with Gasteiger partial charge in [0.1, 0.15) is 18.4 Å². The predicted octanol–water partition coefficient (Wildman–Crippen LogP) is 4.07. The van der Waals surface area contributed by atoms with Crippen molar-refractivity contribution >= 4 is 39.6 Å². The van der Waals surface area contributed by atoms with Gasteiger partial charge in [-0.05, 0) is 41.3 Å². The molecule has 2 heterocycles. The Hall–Kier alpha value is -3.91. The average Bonchev–Trinajstić information content (AvgIpc) is 3.25. The fraction of sp³-hybridized carbons (Fsp3) is 0.0833. The number of anilines is 1. The van der Waals surface area contributed by atoms with Crippen LogP contribution in [0.4, 0.5) is 5.69 Å². The fourth-order valence-corrected chi connectivity index (χ4v) is 4.13. The molecule has 0 atom stereocenters. The lowest BCUT2D eigenvalue weighted by Gasteiger charge is -2.07. The van der Waals surface area contributed by atoms with Gasteiger partial charge in [-0.1, -0.05) is 48.5 Å². The maximum Gasteiger partial charge on any atom is 0.293 e. The standard InChI is InChI=1S/C24H19N5O2S/c1-32-18-9-5-8-17(12-18)26-23(30)14-28-24(31)22-13-21(27-29(22)15-25-28)20-11-4-7-16-6-2-3-10-19(16)20/h2-13,15H,14H2,1H3,(H,26,30). The van der Waals surface area contributed by atoms with Gasteiger partial charge in [0.05, 0.1) is 5.69 Å². The Morgan fingerprint density at radius 2 is 1.84 bits per heavy atom. The van der Waals surface area contributed by atoms with E-state index >= 15 is 0 Å². The smallest absolute Gasteiger partial charge is 0.293 e. The summed E-state index contributed by atoms with van der Waals surface area (Å²) in [5, 5.41) is 13.6. The molecule has 5 rings (SSSR count). The highest BCUT2D eigenvalue weighted by Gasteiger charge is 2.14. The van der Waals surface area contributed by atoms with Gasteiger partial charge < -0.3 is 5.32 Å². The third kappa shape index (κ3) is 3.76. The van der Waals surface area contributed by atoms with Crippen LogP contribution in [0.3, 0.4) is 0 Å². The molecule has 0 unspecified atom stereocenters. The lowest BCUT2D eigenvalue weighted by Crippen LogP contribution is -2.30. The minimum Gasteiger partial charge on any atom is -0.324 e. The van der Waals surface area contributed by atoms with Crippen LogP contribution in [-0.4, -0.2) is 31.6 Å². The molecule has 8 heteroatoms. The summed E-state index contributed by atoms with van der Waals surface area (Å²) in [5.74, 6) is -0.323. The lowest BCUT2D eigenvalue weighted by molar-refractivity contribution is -0.117. The van der Waals surface area contributed by atoms with Crippen molar-refractivity contribution in [1.82, 2.24) is 19.4 Å². The molecule has 0 aliphatic carbocycles. The maximum absolute atomic E-state index is 13.0. The molecule has 32 heavy (non-hydrogen) atoms. The van der Waals surface area contributed by atoms with Crippen LogP contribution in [0, 0.1) is 0 Å². The predicted molar refractivity (Wildman–Crippen MR) is 127 cm³/mol. The molecule has 3 aromatic carbocycles. The summed E-state index contributed by atoms with van der Waals surface area (Å²) in [7, 11) is 0. The minimum absolute atomic E-state index is 0.187. The molecule has 5 aromatic rings. The van der Waals surface area contributed by atoms with E-state index < -0.39 is 0 Å². The van der Waals surface area contributed by atoms with Gasteiger partial charge in [0.2, 0.25) is 5.91 Å². The van der Waals surface area contributed by atoms with Gasteiger partial charge in [-0.3, -0.25) is 9.59 Å². The Bertz CT molecular complexity index is 1520. The Labute approximate surface area is 187 Å². The Morgan fingerprint density at radius 1 is 1.03 bits per heavy atom. The minimum atomic E-state index is -0.375. The highest BCUT2D eigenvalue weighted by Crippen LogP contribution is 2.27. The van der Waals surface area contributed by atoms with E-state index in [0.29, 0.717) is 16.9 Å². The maximum atomic E-state index is 13.0. The number of aromatic nitrogens is 4. The quantitative estimate of drug-likeness (QED) is 0.416. The molecule has 0 spiro atoms. The normalized spacial score (nSPS) is 11.2. The highest BCUT2D eigenvalue weighted by molar-refractivity contribution is 7.98. The molecule has 1 N–H and O–H groups in total. The number of thioether (sulfide) groups is 1. The number of nitrogens with one attached hydrogen (secondary N) is 1. The molecule has 158 valence electrons. The van der Waals surface area contributed by atoms with E-state index in [1.54, 1.807) is 17.8 Å². The van der Waals surface area contributed by atoms with Crippen LogP contribution in [0.1, 0.15) is 0 Å². The van der Waals surface area contributed by atoms with Gasteiger partial charge in [0.25, 0.3) is 5.56 Å². The summed E-state index contributed by atoms with van der Waals surface area (Å²) in [4.78, 5) is 26.5. The van der Waals surface area contributed by atoms with Gasteiger partial charge in [-0.25, -0.2) is 9.20 Å². The number of fused-ring (bicyclic) bond motifs is 2. The summed E-state index contributed by atoms with van der Waals surface area (Å²) in [6.45, 7) is -0.187. The van der Waals surface area contributed by atoms with E-state index in [1.807, 2.05) is 73.0 Å². The second-order valence-electron chi connectivity index (χ2n) is 7.26. The largest absolute Gasteiger partial charge is 0.324 e. The molecule has 2 aromatic heterocycles. The molecule has 0 aliphatic rings. The van der Waals surface area contributed by atoms with Crippen molar-refractivity contribution in [3.05, 3.63) is 89.5 Å². The van der Waals surface area contributed by atoms with Crippen molar-refractivity contribution in [2.45, 2.75) is 11.4 Å². The molecule has 0 radical (unpaired) electrons. The summed E-state index contributed by atoms with van der Waals surface area (Å²) in [6, 6.07) is 23.3. The summed E-state index contributed by atoms with van der Waals surface area (Å²) >= 11 is 1.59. The van der Waals surface area contributed by atoms with Crippen LogP contribution in [0.5, 0.6) is 0 Å². The highest BCUT2D eigenvalue weighted by atomic mass is 32.2. The first-order valence-corrected chi connectivity index (χ1v) is 11.2. The number of rotatable bonds is 5. The van der Waals surface area contributed by atoms with E-state index in [9.17, 15) is 9.59 Å². The second kappa shape index (κ2) is 8.32. The van der Waals surface area contributed by atoms with Crippen molar-refractivity contribution in [3.8, 4) is 11.3 Å². The molecule has 0 fully saturated rings. The number of nitrogens with zero attached hydrogens (tertiary/aromatic N) is 4. The van der Waals surface area contributed by atoms with Crippen molar-refractivity contribution in [1.29, 1.82) is 0 Å². The molecule has 7 nitrogen and oxygen atoms in total. The molecule has 1 amide bonds. The number of hydrogen-bond acceptors (Lipinski definition) is 5. The number of carbonyl (C=O) groups excluding carboxylic acids is 1. The second-order valence-corrected chi connectivity index (χ2v) is 8.14. The van der Waals surface area contributed by atoms with Crippen molar-refractivity contribution in [2.75, 3.05) is 11.6 Å². The van der Waals surface area contributed by atoms with E-state index in [-0.39, 0.29) is 18.0 Å². The summed E-state index contributed by atoms with van der Waals surface area (Å²) in [6.07, 6.45) is 3.42. The Kier molecular flexibility index (Phi) is 5.20. The number of hydrogen-bond donors (Lipinski definition) is 1. The van der Waals surface area contributed by atoms with Crippen molar-refractivity contribution < 1.29 is 4.79 Å². The first-order valence-electron chi connectivity index (χ1n) is 10.00. The van der Waals surface area contributed by atoms with Crippen molar-refractivity contribution in [3.63, 3.8) is 0 Å². The molecular formula is C24H19N5O2S. The van der Waals surface area contributed by atoms with Gasteiger partial charge in [0.15, 0.2) is 0 Å². The third-order valence-corrected chi connectivity index (χ3v) is 5.93. The lowest BCUT2D eigenvalue weighted by atomic mass is 10.0. The van der Waals surface area contributed by atoms with Crippen LogP contribution in [-0.2, 0) is 11.3 Å². The zero-order valence-electron chi connectivity index (χ0n) is 17.2. The monoisotopic (exact) mass is 441 g/mol. The molecule has 0 aliphatic heterocycles. The van der Waals surface area contributed by atoms with Crippen LogP contribution in [0.25, 0.3) is 27.5 Å². The Morgan fingerprint density at radius 3 is 2.72 bits per heavy atom. The fourth-order valence-electron chi connectivity index (χ4n) is 3.67. The van der Waals surface area contributed by atoms with Crippen LogP contribution in [0.2, 0.25) is 0 Å². The number of benzene rings is 3. The van der Waals surface area contributed by atoms with Crippen LogP contribution in [0.15, 0.2) is 88.8 Å². The summed E-state index contributed by atoms with van der Waals surface area (Å²) in [5.41, 5.74) is 2.28. The zero-order chi connectivity index (χ0) is 22.1. The SMILES string of the molecule is CSc1cccc(NC(=O)Cn2ncn3nc(-c4cccc5ccccc45)cc3c2=O)c1. The van der Waals surface area contributed by atoms with E-state index in [2.05, 4.69) is 15.5 Å². The molecule has 0 saturated heterocycles. The Balaban J connectivity index is 1.45. The van der Waals surface area contributed by atoms with E-state index in [4.69, 9.17) is 0 Å². The average molecular weight is 442 g/mol. The molecule has 0 saturated carbocycles. The number of amides is 1. The van der Waals surface area contributed by atoms with E-state index in [1.165, 1.54) is 10.8 Å². The van der Waals surface area contributed by atoms with Gasteiger partial charge >= 0.3 is 0 Å². The first-order chi connectivity index (χ1) is 15.6. The summed E-state index contributed by atoms with van der Waals surface area (Å²) < 4.78 is 2.60. The molecular weight excluding hydrogens is 422 g/mol. The van der Waals surface area contributed by atoms with Gasteiger partial charge in [-0.2, -0.15) is 10.2 Å². The van der Waals surface area contributed by atoms with Crippen LogP contribution < -0.4 is 10.9 Å². The van der Waals surface area contributed by atoms with Crippen LogP contribution >= 0.6 is 11.8 Å². The van der Waals surface area contributed by atoms with Gasteiger partial charge in [0, 0.05) is 16.1 Å². The third-order valence-electron chi connectivity index (χ3n) is 5.20. The first kappa shape index (κ1) is 20.0. The molecule has 0 bridgehead atoms. The number of carbonyl (C=O) groups is 1. The van der Waals surface area contributed by atoms with Gasteiger partial charge in [-0.15, -0.1) is 11.8 Å². The zero-order valence-corrected chi connectivity index (χ0v) is 18.0.